The molecule has 0 unspecified atom stereocenters. The van der Waals surface area contributed by atoms with Crippen molar-refractivity contribution in [2.45, 2.75) is 32.5 Å². The van der Waals surface area contributed by atoms with Crippen LogP contribution in [0.1, 0.15) is 36.8 Å². The summed E-state index contributed by atoms with van der Waals surface area (Å²) in [6.45, 7) is 4.53. The Balaban J connectivity index is 1.59. The van der Waals surface area contributed by atoms with E-state index in [4.69, 9.17) is 9.15 Å². The van der Waals surface area contributed by atoms with E-state index in [9.17, 15) is 9.18 Å². The van der Waals surface area contributed by atoms with Gasteiger partial charge in [0.1, 0.15) is 5.82 Å². The van der Waals surface area contributed by atoms with Crippen molar-refractivity contribution >= 4 is 12.0 Å². The van der Waals surface area contributed by atoms with Crippen molar-refractivity contribution in [1.29, 1.82) is 0 Å². The lowest BCUT2D eigenvalue weighted by atomic mass is 10.1. The fraction of sp³-hybridized carbons (Fsp3) is 0.389. The Kier molecular flexibility index (Phi) is 5.23. The Morgan fingerprint density at radius 2 is 2.08 bits per heavy atom. The van der Waals surface area contributed by atoms with Crippen molar-refractivity contribution in [2.75, 3.05) is 13.1 Å². The van der Waals surface area contributed by atoms with Gasteiger partial charge in [0, 0.05) is 19.9 Å². The second kappa shape index (κ2) is 7.57. The third-order valence-corrected chi connectivity index (χ3v) is 3.90. The molecule has 0 spiro atoms. The van der Waals surface area contributed by atoms with Crippen LogP contribution in [0.15, 0.2) is 34.8 Å². The topological polar surface area (TPSA) is 68.5 Å². The molecule has 1 aromatic carbocycles. The third-order valence-electron chi connectivity index (χ3n) is 3.90. The van der Waals surface area contributed by atoms with Crippen molar-refractivity contribution in [3.05, 3.63) is 53.5 Å². The quantitative estimate of drug-likeness (QED) is 0.852. The van der Waals surface area contributed by atoms with Crippen LogP contribution in [0.4, 0.5) is 4.39 Å². The molecule has 1 aliphatic rings. The second-order valence-corrected chi connectivity index (χ2v) is 6.05. The average molecular weight is 345 g/mol. The first kappa shape index (κ1) is 17.3. The van der Waals surface area contributed by atoms with E-state index in [0.29, 0.717) is 24.9 Å². The molecule has 0 bridgehead atoms. The molecule has 1 amide bonds. The molecule has 3 rings (SSSR count). The zero-order chi connectivity index (χ0) is 17.8. The van der Waals surface area contributed by atoms with Crippen LogP contribution in [0.5, 0.6) is 0 Å². The van der Waals surface area contributed by atoms with Gasteiger partial charge in [-0.25, -0.2) is 4.39 Å². The summed E-state index contributed by atoms with van der Waals surface area (Å²) in [6, 6.07) is 6.12. The molecule has 6 nitrogen and oxygen atoms in total. The minimum absolute atomic E-state index is 0.00486. The van der Waals surface area contributed by atoms with Gasteiger partial charge in [-0.05, 0) is 24.6 Å². The number of morpholine rings is 1. The molecule has 0 N–H and O–H groups in total. The number of aryl methyl sites for hydroxylation is 1. The molecule has 1 fully saturated rings. The van der Waals surface area contributed by atoms with Gasteiger partial charge < -0.3 is 14.1 Å². The van der Waals surface area contributed by atoms with Crippen LogP contribution < -0.4 is 0 Å². The molecule has 0 saturated carbocycles. The Morgan fingerprint density at radius 1 is 1.32 bits per heavy atom. The number of amides is 1. The summed E-state index contributed by atoms with van der Waals surface area (Å²) in [5.74, 6) is 0.577. The molecule has 1 saturated heterocycles. The molecular weight excluding hydrogens is 325 g/mol. The first-order chi connectivity index (χ1) is 12.0. The predicted molar refractivity (Wildman–Crippen MR) is 89.0 cm³/mol. The lowest BCUT2D eigenvalue weighted by Crippen LogP contribution is -2.45. The van der Waals surface area contributed by atoms with Crippen LogP contribution in [0.2, 0.25) is 0 Å². The summed E-state index contributed by atoms with van der Waals surface area (Å²) in [4.78, 5) is 14.2. The number of hydrogen-bond acceptors (Lipinski definition) is 5. The number of ether oxygens (including phenoxy) is 1. The van der Waals surface area contributed by atoms with Crippen molar-refractivity contribution in [1.82, 2.24) is 15.1 Å². The van der Waals surface area contributed by atoms with Gasteiger partial charge in [0.15, 0.2) is 6.10 Å². The fourth-order valence-corrected chi connectivity index (χ4v) is 2.73. The van der Waals surface area contributed by atoms with Gasteiger partial charge in [-0.1, -0.05) is 24.3 Å². The maximum atomic E-state index is 12.9. The van der Waals surface area contributed by atoms with Crippen molar-refractivity contribution in [3.63, 3.8) is 0 Å². The summed E-state index contributed by atoms with van der Waals surface area (Å²) >= 11 is 0. The average Bonchev–Trinajstić information content (AvgIpc) is 3.02. The normalized spacial score (nSPS) is 21.0. The molecule has 2 aromatic rings. The molecule has 0 aliphatic carbocycles. The van der Waals surface area contributed by atoms with Gasteiger partial charge in [-0.3, -0.25) is 4.79 Å². The van der Waals surface area contributed by atoms with Crippen LogP contribution in [-0.2, 0) is 9.53 Å². The highest BCUT2D eigenvalue weighted by molar-refractivity contribution is 5.78. The number of aromatic nitrogens is 2. The summed E-state index contributed by atoms with van der Waals surface area (Å²) in [5, 5.41) is 7.79. The molecule has 0 radical (unpaired) electrons. The summed E-state index contributed by atoms with van der Waals surface area (Å²) < 4.78 is 24.1. The molecule has 2 atom stereocenters. The van der Waals surface area contributed by atoms with Crippen LogP contribution in [0.25, 0.3) is 6.08 Å². The SMILES string of the molecule is Cc1nnc([C@H]2CN(C(=O)C/C=C/c3ccc(F)cc3)C[C@@H](C)O2)o1. The van der Waals surface area contributed by atoms with Gasteiger partial charge in [0.05, 0.1) is 12.6 Å². The number of benzene rings is 1. The number of carbonyl (C=O) groups excluding carboxylic acids is 1. The first-order valence-electron chi connectivity index (χ1n) is 8.16. The third kappa shape index (κ3) is 4.51. The van der Waals surface area contributed by atoms with Crippen molar-refractivity contribution < 1.29 is 18.3 Å². The molecule has 25 heavy (non-hydrogen) atoms. The number of rotatable bonds is 4. The number of carbonyl (C=O) groups is 1. The number of nitrogens with zero attached hydrogens (tertiary/aromatic N) is 3. The molecule has 1 aromatic heterocycles. The minimum atomic E-state index is -0.407. The van der Waals surface area contributed by atoms with E-state index in [1.807, 2.05) is 6.92 Å². The van der Waals surface area contributed by atoms with E-state index >= 15 is 0 Å². The van der Waals surface area contributed by atoms with Crippen molar-refractivity contribution in [2.24, 2.45) is 0 Å². The molecule has 7 heteroatoms. The molecule has 2 heterocycles. The summed E-state index contributed by atoms with van der Waals surface area (Å²) in [6.07, 6.45) is 3.33. The largest absolute Gasteiger partial charge is 0.423 e. The Hall–Kier alpha value is -2.54. The van der Waals surface area contributed by atoms with E-state index in [1.165, 1.54) is 12.1 Å². The van der Waals surface area contributed by atoms with Gasteiger partial charge in [0.25, 0.3) is 0 Å². The van der Waals surface area contributed by atoms with Crippen LogP contribution in [-0.4, -0.2) is 40.2 Å². The first-order valence-corrected chi connectivity index (χ1v) is 8.16. The van der Waals surface area contributed by atoms with E-state index in [0.717, 1.165) is 5.56 Å². The number of halogens is 1. The highest BCUT2D eigenvalue weighted by Crippen LogP contribution is 2.24. The number of hydrogen-bond donors (Lipinski definition) is 0. The minimum Gasteiger partial charge on any atom is -0.423 e. The maximum Gasteiger partial charge on any atom is 0.247 e. The smallest absolute Gasteiger partial charge is 0.247 e. The zero-order valence-electron chi connectivity index (χ0n) is 14.2. The predicted octanol–water partition coefficient (Wildman–Crippen LogP) is 2.91. The molecule has 132 valence electrons. The van der Waals surface area contributed by atoms with Crippen molar-refractivity contribution in [3.8, 4) is 0 Å². The highest BCUT2D eigenvalue weighted by Gasteiger charge is 2.31. The van der Waals surface area contributed by atoms with E-state index < -0.39 is 6.10 Å². The molecular formula is C18H20FN3O3. The van der Waals surface area contributed by atoms with Gasteiger partial charge >= 0.3 is 0 Å². The monoisotopic (exact) mass is 345 g/mol. The Labute approximate surface area is 145 Å². The van der Waals surface area contributed by atoms with Crippen LogP contribution >= 0.6 is 0 Å². The second-order valence-electron chi connectivity index (χ2n) is 6.05. The molecule has 1 aliphatic heterocycles. The fourth-order valence-electron chi connectivity index (χ4n) is 2.73. The van der Waals surface area contributed by atoms with E-state index in [-0.39, 0.29) is 24.2 Å². The lowest BCUT2D eigenvalue weighted by Gasteiger charge is -2.35. The lowest BCUT2D eigenvalue weighted by molar-refractivity contribution is -0.145. The van der Waals surface area contributed by atoms with Gasteiger partial charge in [0.2, 0.25) is 17.7 Å². The zero-order valence-corrected chi connectivity index (χ0v) is 14.2. The van der Waals surface area contributed by atoms with E-state index in [2.05, 4.69) is 10.2 Å². The van der Waals surface area contributed by atoms with E-state index in [1.54, 1.807) is 36.1 Å². The summed E-state index contributed by atoms with van der Waals surface area (Å²) in [7, 11) is 0. The van der Waals surface area contributed by atoms with Gasteiger partial charge in [-0.2, -0.15) is 0 Å². The maximum absolute atomic E-state index is 12.9. The van der Waals surface area contributed by atoms with Gasteiger partial charge in [-0.15, -0.1) is 10.2 Å². The standard InChI is InChI=1S/C18H20FN3O3/c1-12-10-22(11-16(24-12)18-21-20-13(2)25-18)17(23)5-3-4-14-6-8-15(19)9-7-14/h3-4,6-9,12,16H,5,10-11H2,1-2H3/b4-3+/t12-,16-/m1/s1. The Bertz CT molecular complexity index is 757. The Morgan fingerprint density at radius 3 is 2.76 bits per heavy atom. The van der Waals surface area contributed by atoms with Crippen LogP contribution in [0, 0.1) is 12.7 Å². The highest BCUT2D eigenvalue weighted by atomic mass is 19.1. The van der Waals surface area contributed by atoms with Crippen LogP contribution in [0.3, 0.4) is 0 Å². The summed E-state index contributed by atoms with van der Waals surface area (Å²) in [5.41, 5.74) is 0.851.